The Morgan fingerprint density at radius 1 is 1.37 bits per heavy atom. The molecule has 1 aliphatic rings. The summed E-state index contributed by atoms with van der Waals surface area (Å²) in [5, 5.41) is 0. The Morgan fingerprint density at radius 2 is 2.16 bits per heavy atom. The predicted octanol–water partition coefficient (Wildman–Crippen LogP) is 1.91. The number of likely N-dealkylation sites (tertiary alicyclic amines) is 1. The normalized spacial score (nSPS) is 20.8. The van der Waals surface area contributed by atoms with Gasteiger partial charge in [-0.15, -0.1) is 0 Å². The summed E-state index contributed by atoms with van der Waals surface area (Å²) >= 11 is 0. The number of carbonyl (C=O) groups is 1. The fourth-order valence-corrected chi connectivity index (χ4v) is 2.68. The van der Waals surface area contributed by atoms with Crippen molar-refractivity contribution >= 4 is 5.91 Å². The van der Waals surface area contributed by atoms with Gasteiger partial charge in [0.2, 0.25) is 0 Å². The first-order valence-electron chi connectivity index (χ1n) is 7.02. The number of nitrogens with two attached hydrogens (primary N) is 1. The van der Waals surface area contributed by atoms with E-state index in [9.17, 15) is 4.79 Å². The minimum Gasteiger partial charge on any atom is -0.299 e. The maximum absolute atomic E-state index is 11.7. The molecule has 1 fully saturated rings. The van der Waals surface area contributed by atoms with Crippen molar-refractivity contribution in [2.75, 3.05) is 13.1 Å². The molecular weight excluding hydrogens is 238 g/mol. The summed E-state index contributed by atoms with van der Waals surface area (Å²) in [6, 6.07) is 7.69. The number of nitrogen functional groups attached to an aromatic ring is 1. The Balaban J connectivity index is 2.08. The fourth-order valence-electron chi connectivity index (χ4n) is 2.68. The van der Waals surface area contributed by atoms with Crippen LogP contribution in [0.4, 0.5) is 0 Å². The molecule has 1 unspecified atom stereocenters. The molecule has 1 saturated heterocycles. The van der Waals surface area contributed by atoms with Crippen molar-refractivity contribution in [2.24, 2.45) is 11.8 Å². The van der Waals surface area contributed by atoms with Gasteiger partial charge in [-0.25, -0.2) is 5.84 Å². The zero-order chi connectivity index (χ0) is 13.7. The molecule has 1 aromatic rings. The van der Waals surface area contributed by atoms with Crippen molar-refractivity contribution in [3.05, 3.63) is 35.4 Å². The second kappa shape index (κ2) is 6.68. The number of carbonyl (C=O) groups excluding carboxylic acids is 1. The number of nitrogens with zero attached hydrogens (tertiary/aromatic N) is 1. The second-order valence-corrected chi connectivity index (χ2v) is 5.44. The van der Waals surface area contributed by atoms with Crippen LogP contribution in [0.1, 0.15) is 42.1 Å². The van der Waals surface area contributed by atoms with Crippen LogP contribution in [0.2, 0.25) is 0 Å². The maximum atomic E-state index is 11.7. The largest absolute Gasteiger partial charge is 0.299 e. The molecule has 4 nitrogen and oxygen atoms in total. The van der Waals surface area contributed by atoms with Crippen molar-refractivity contribution < 1.29 is 4.79 Å². The minimum atomic E-state index is -0.209. The number of benzene rings is 1. The molecule has 0 radical (unpaired) electrons. The highest BCUT2D eigenvalue weighted by molar-refractivity contribution is 5.95. The van der Waals surface area contributed by atoms with Crippen LogP contribution in [0.5, 0.6) is 0 Å². The molecule has 19 heavy (non-hydrogen) atoms. The van der Waals surface area contributed by atoms with Gasteiger partial charge in [0.1, 0.15) is 0 Å². The highest BCUT2D eigenvalue weighted by Gasteiger charge is 2.16. The lowest BCUT2D eigenvalue weighted by Crippen LogP contribution is -2.32. The molecule has 0 saturated carbocycles. The Bertz CT molecular complexity index is 433. The molecule has 0 spiro atoms. The summed E-state index contributed by atoms with van der Waals surface area (Å²) in [6.07, 6.45) is 3.79. The Kier molecular flexibility index (Phi) is 4.93. The molecule has 1 aliphatic heterocycles. The molecule has 1 aromatic carbocycles. The van der Waals surface area contributed by atoms with Crippen LogP contribution in [-0.4, -0.2) is 23.9 Å². The summed E-state index contributed by atoms with van der Waals surface area (Å²) in [5.41, 5.74) is 3.96. The molecule has 1 atom stereocenters. The van der Waals surface area contributed by atoms with Crippen molar-refractivity contribution in [3.63, 3.8) is 0 Å². The fraction of sp³-hybridized carbons (Fsp3) is 0.533. The van der Waals surface area contributed by atoms with Crippen LogP contribution in [0.15, 0.2) is 24.3 Å². The van der Waals surface area contributed by atoms with Crippen LogP contribution in [0.25, 0.3) is 0 Å². The standard InChI is InChI=1S/C15H23N3O/c1-12-5-4-9-18(10-8-12)11-13-6-2-3-7-14(13)15(19)17-16/h2-3,6-7,12H,4-5,8-11,16H2,1H3,(H,17,19). The summed E-state index contributed by atoms with van der Waals surface area (Å²) < 4.78 is 0. The Morgan fingerprint density at radius 3 is 2.95 bits per heavy atom. The zero-order valence-electron chi connectivity index (χ0n) is 11.6. The van der Waals surface area contributed by atoms with Crippen molar-refractivity contribution in [1.82, 2.24) is 10.3 Å². The molecule has 3 N–H and O–H groups in total. The molecule has 104 valence electrons. The average molecular weight is 261 g/mol. The van der Waals surface area contributed by atoms with Gasteiger partial charge in [-0.05, 0) is 49.9 Å². The van der Waals surface area contributed by atoms with E-state index in [-0.39, 0.29) is 5.91 Å². The number of rotatable bonds is 3. The molecule has 0 bridgehead atoms. The van der Waals surface area contributed by atoms with Gasteiger partial charge in [0, 0.05) is 12.1 Å². The van der Waals surface area contributed by atoms with Crippen LogP contribution < -0.4 is 11.3 Å². The summed E-state index contributed by atoms with van der Waals surface area (Å²) in [4.78, 5) is 14.2. The summed E-state index contributed by atoms with van der Waals surface area (Å²) in [5.74, 6) is 5.84. The van der Waals surface area contributed by atoms with Gasteiger partial charge in [-0.1, -0.05) is 25.1 Å². The van der Waals surface area contributed by atoms with Gasteiger partial charge in [0.25, 0.3) is 5.91 Å². The number of nitrogens with one attached hydrogen (secondary N) is 1. The molecule has 0 aliphatic carbocycles. The lowest BCUT2D eigenvalue weighted by atomic mass is 10.0. The molecular formula is C15H23N3O. The summed E-state index contributed by atoms with van der Waals surface area (Å²) in [7, 11) is 0. The van der Waals surface area contributed by atoms with E-state index in [4.69, 9.17) is 5.84 Å². The van der Waals surface area contributed by atoms with Gasteiger partial charge in [-0.2, -0.15) is 0 Å². The SMILES string of the molecule is CC1CCCN(Cc2ccccc2C(=O)NN)CC1. The van der Waals surface area contributed by atoms with E-state index in [2.05, 4.69) is 17.2 Å². The number of hydrogen-bond donors (Lipinski definition) is 2. The Labute approximate surface area is 114 Å². The van der Waals surface area contributed by atoms with E-state index in [0.717, 1.165) is 31.1 Å². The third-order valence-corrected chi connectivity index (χ3v) is 3.90. The molecule has 4 heteroatoms. The maximum Gasteiger partial charge on any atom is 0.265 e. The van der Waals surface area contributed by atoms with Gasteiger partial charge in [-0.3, -0.25) is 15.1 Å². The first kappa shape index (κ1) is 14.0. The Hall–Kier alpha value is -1.39. The van der Waals surface area contributed by atoms with Gasteiger partial charge < -0.3 is 0 Å². The monoisotopic (exact) mass is 261 g/mol. The van der Waals surface area contributed by atoms with E-state index in [0.29, 0.717) is 5.56 Å². The lowest BCUT2D eigenvalue weighted by Gasteiger charge is -2.21. The van der Waals surface area contributed by atoms with Crippen LogP contribution >= 0.6 is 0 Å². The molecule has 1 amide bonds. The number of amides is 1. The van der Waals surface area contributed by atoms with Crippen molar-refractivity contribution in [2.45, 2.75) is 32.7 Å². The number of hydrogen-bond acceptors (Lipinski definition) is 3. The van der Waals surface area contributed by atoms with E-state index >= 15 is 0 Å². The third kappa shape index (κ3) is 3.78. The third-order valence-electron chi connectivity index (χ3n) is 3.90. The van der Waals surface area contributed by atoms with Crippen LogP contribution in [-0.2, 0) is 6.54 Å². The second-order valence-electron chi connectivity index (χ2n) is 5.44. The van der Waals surface area contributed by atoms with E-state index < -0.39 is 0 Å². The quantitative estimate of drug-likeness (QED) is 0.496. The first-order chi connectivity index (χ1) is 9.20. The average Bonchev–Trinajstić information content (AvgIpc) is 2.63. The van der Waals surface area contributed by atoms with E-state index in [1.165, 1.54) is 19.3 Å². The van der Waals surface area contributed by atoms with Crippen LogP contribution in [0.3, 0.4) is 0 Å². The first-order valence-corrected chi connectivity index (χ1v) is 7.02. The van der Waals surface area contributed by atoms with Gasteiger partial charge in [0.15, 0.2) is 0 Å². The van der Waals surface area contributed by atoms with Gasteiger partial charge in [0.05, 0.1) is 0 Å². The smallest absolute Gasteiger partial charge is 0.265 e. The molecule has 0 aromatic heterocycles. The summed E-state index contributed by atoms with van der Waals surface area (Å²) in [6.45, 7) is 5.37. The lowest BCUT2D eigenvalue weighted by molar-refractivity contribution is 0.0951. The molecule has 2 rings (SSSR count). The highest BCUT2D eigenvalue weighted by Crippen LogP contribution is 2.19. The van der Waals surface area contributed by atoms with Gasteiger partial charge >= 0.3 is 0 Å². The zero-order valence-corrected chi connectivity index (χ0v) is 11.6. The topological polar surface area (TPSA) is 58.4 Å². The minimum absolute atomic E-state index is 0.209. The molecule has 1 heterocycles. The highest BCUT2D eigenvalue weighted by atomic mass is 16.2. The van der Waals surface area contributed by atoms with E-state index in [1.54, 1.807) is 0 Å². The van der Waals surface area contributed by atoms with Crippen LogP contribution in [0, 0.1) is 5.92 Å². The van der Waals surface area contributed by atoms with E-state index in [1.807, 2.05) is 24.3 Å². The van der Waals surface area contributed by atoms with Crippen molar-refractivity contribution in [3.8, 4) is 0 Å². The number of hydrazine groups is 1. The predicted molar refractivity (Wildman–Crippen MR) is 76.4 cm³/mol. The van der Waals surface area contributed by atoms with Crippen molar-refractivity contribution in [1.29, 1.82) is 0 Å².